The molecule has 0 saturated carbocycles. The molecule has 0 heterocycles. The monoisotopic (exact) mass is 382 g/mol. The van der Waals surface area contributed by atoms with Gasteiger partial charge in [0.2, 0.25) is 0 Å². The quantitative estimate of drug-likeness (QED) is 0.688. The lowest BCUT2D eigenvalue weighted by Gasteiger charge is -2.17. The highest BCUT2D eigenvalue weighted by atomic mass is 16.5. The van der Waals surface area contributed by atoms with E-state index in [1.54, 1.807) is 12.1 Å². The number of hydrogen-bond donors (Lipinski definition) is 2. The van der Waals surface area contributed by atoms with E-state index < -0.39 is 5.97 Å². The van der Waals surface area contributed by atoms with E-state index in [1.807, 2.05) is 63.2 Å². The van der Waals surface area contributed by atoms with Crippen LogP contribution in [0.15, 0.2) is 54.6 Å². The summed E-state index contributed by atoms with van der Waals surface area (Å²) in [5, 5.41) is 5.24. The maximum atomic E-state index is 12.2. The molecule has 1 unspecified atom stereocenters. The Bertz CT molecular complexity index is 801. The number of benzene rings is 2. The summed E-state index contributed by atoms with van der Waals surface area (Å²) in [4.78, 5) is 35.6. The number of carbonyl (C=O) groups is 3. The van der Waals surface area contributed by atoms with E-state index in [0.717, 1.165) is 11.1 Å². The highest BCUT2D eigenvalue weighted by molar-refractivity contribution is 5.96. The first kappa shape index (κ1) is 21.2. The summed E-state index contributed by atoms with van der Waals surface area (Å²) in [7, 11) is 0. The number of nitrogens with one attached hydrogen (secondary N) is 2. The fraction of sp³-hybridized carbons (Fsp3) is 0.318. The zero-order chi connectivity index (χ0) is 20.5. The van der Waals surface area contributed by atoms with Crippen LogP contribution in [0, 0.1) is 5.92 Å². The lowest BCUT2D eigenvalue weighted by molar-refractivity contribution is -0.147. The van der Waals surface area contributed by atoms with Crippen LogP contribution in [0.4, 0.5) is 0 Å². The van der Waals surface area contributed by atoms with Gasteiger partial charge in [-0.05, 0) is 36.1 Å². The predicted molar refractivity (Wildman–Crippen MR) is 108 cm³/mol. The third-order valence-electron chi connectivity index (χ3n) is 4.40. The second-order valence-electron chi connectivity index (χ2n) is 6.89. The number of rotatable bonds is 8. The molecule has 2 N–H and O–H groups in total. The lowest BCUT2D eigenvalue weighted by Crippen LogP contribution is -2.39. The fourth-order valence-electron chi connectivity index (χ4n) is 2.36. The summed E-state index contributed by atoms with van der Waals surface area (Å²) in [5.41, 5.74) is 2.50. The normalized spacial score (nSPS) is 11.6. The summed E-state index contributed by atoms with van der Waals surface area (Å²) in [6.07, 6.45) is 0. The van der Waals surface area contributed by atoms with Crippen LogP contribution in [-0.4, -0.2) is 37.0 Å². The van der Waals surface area contributed by atoms with Crippen molar-refractivity contribution < 1.29 is 19.1 Å². The van der Waals surface area contributed by atoms with Gasteiger partial charge in [0.05, 0.1) is 0 Å². The highest BCUT2D eigenvalue weighted by Gasteiger charge is 2.14. The Kier molecular flexibility index (Phi) is 7.75. The molecule has 0 bridgehead atoms. The molecule has 2 rings (SSSR count). The van der Waals surface area contributed by atoms with Crippen molar-refractivity contribution in [2.45, 2.75) is 26.8 Å². The molecule has 0 aromatic heterocycles. The molecule has 6 nitrogen and oxygen atoms in total. The number of ether oxygens (including phenoxy) is 1. The third-order valence-corrected chi connectivity index (χ3v) is 4.40. The maximum absolute atomic E-state index is 12.2. The third kappa shape index (κ3) is 6.54. The molecule has 2 amide bonds. The minimum Gasteiger partial charge on any atom is -0.454 e. The Balaban J connectivity index is 1.77. The van der Waals surface area contributed by atoms with Crippen LogP contribution in [0.2, 0.25) is 0 Å². The van der Waals surface area contributed by atoms with Crippen molar-refractivity contribution in [3.63, 3.8) is 0 Å². The summed E-state index contributed by atoms with van der Waals surface area (Å²) in [5.74, 6) is -1.12. The van der Waals surface area contributed by atoms with Crippen LogP contribution >= 0.6 is 0 Å². The molecule has 148 valence electrons. The molecule has 28 heavy (non-hydrogen) atoms. The molecule has 0 saturated heterocycles. The first-order valence-electron chi connectivity index (χ1n) is 9.25. The minimum atomic E-state index is -0.665. The van der Waals surface area contributed by atoms with E-state index in [2.05, 4.69) is 10.6 Å². The Morgan fingerprint density at radius 2 is 1.50 bits per heavy atom. The second-order valence-corrected chi connectivity index (χ2v) is 6.89. The molecule has 0 fully saturated rings. The van der Waals surface area contributed by atoms with Gasteiger partial charge in [0.1, 0.15) is 6.54 Å². The van der Waals surface area contributed by atoms with Gasteiger partial charge in [0, 0.05) is 11.6 Å². The average Bonchev–Trinajstić information content (AvgIpc) is 2.71. The number of amides is 2. The van der Waals surface area contributed by atoms with Gasteiger partial charge in [0.25, 0.3) is 11.8 Å². The molecule has 2 aromatic rings. The number of carbonyl (C=O) groups excluding carboxylic acids is 3. The van der Waals surface area contributed by atoms with E-state index in [4.69, 9.17) is 4.74 Å². The van der Waals surface area contributed by atoms with Gasteiger partial charge in [-0.25, -0.2) is 0 Å². The van der Waals surface area contributed by atoms with E-state index in [-0.39, 0.29) is 36.9 Å². The highest BCUT2D eigenvalue weighted by Crippen LogP contribution is 2.19. The second kappa shape index (κ2) is 10.3. The van der Waals surface area contributed by atoms with Crippen molar-refractivity contribution in [1.29, 1.82) is 0 Å². The van der Waals surface area contributed by atoms with Crippen LogP contribution < -0.4 is 10.6 Å². The molecular formula is C22H26N2O4. The number of esters is 1. The van der Waals surface area contributed by atoms with Crippen molar-refractivity contribution >= 4 is 17.8 Å². The van der Waals surface area contributed by atoms with Gasteiger partial charge < -0.3 is 15.4 Å². The Labute approximate surface area is 165 Å². The van der Waals surface area contributed by atoms with E-state index in [9.17, 15) is 14.4 Å². The van der Waals surface area contributed by atoms with Gasteiger partial charge in [-0.1, -0.05) is 56.3 Å². The van der Waals surface area contributed by atoms with Gasteiger partial charge in [-0.3, -0.25) is 14.4 Å². The summed E-state index contributed by atoms with van der Waals surface area (Å²) >= 11 is 0. The SMILES string of the molecule is CC(C)C(C)NC(=O)COC(=O)CNC(=O)c1ccc(-c2ccccc2)cc1. The Morgan fingerprint density at radius 3 is 2.11 bits per heavy atom. The van der Waals surface area contributed by atoms with Crippen molar-refractivity contribution in [2.75, 3.05) is 13.2 Å². The molecule has 2 aromatic carbocycles. The standard InChI is InChI=1S/C22H26N2O4/c1-15(2)16(3)24-20(25)14-28-21(26)13-23-22(27)19-11-9-18(10-12-19)17-7-5-4-6-8-17/h4-12,15-16H,13-14H2,1-3H3,(H,23,27)(H,24,25). The summed E-state index contributed by atoms with van der Waals surface area (Å²) in [6, 6.07) is 16.9. The van der Waals surface area contributed by atoms with Crippen molar-refractivity contribution in [3.8, 4) is 11.1 Å². The molecule has 0 aliphatic carbocycles. The van der Waals surface area contributed by atoms with E-state index >= 15 is 0 Å². The molecule has 0 spiro atoms. The zero-order valence-electron chi connectivity index (χ0n) is 16.4. The predicted octanol–water partition coefficient (Wildman–Crippen LogP) is 2.79. The minimum absolute atomic E-state index is 0.00948. The largest absolute Gasteiger partial charge is 0.454 e. The zero-order valence-corrected chi connectivity index (χ0v) is 16.4. The van der Waals surface area contributed by atoms with E-state index in [1.165, 1.54) is 0 Å². The average molecular weight is 382 g/mol. The Morgan fingerprint density at radius 1 is 0.893 bits per heavy atom. The lowest BCUT2D eigenvalue weighted by atomic mass is 10.0. The van der Waals surface area contributed by atoms with Gasteiger partial charge in [-0.2, -0.15) is 0 Å². The van der Waals surface area contributed by atoms with Crippen molar-refractivity contribution in [3.05, 3.63) is 60.2 Å². The smallest absolute Gasteiger partial charge is 0.325 e. The van der Waals surface area contributed by atoms with Gasteiger partial charge in [-0.15, -0.1) is 0 Å². The molecule has 0 radical (unpaired) electrons. The first-order chi connectivity index (χ1) is 13.4. The molecule has 0 aliphatic heterocycles. The Hall–Kier alpha value is -3.15. The summed E-state index contributed by atoms with van der Waals surface area (Å²) in [6.45, 7) is 5.19. The van der Waals surface area contributed by atoms with E-state index in [0.29, 0.717) is 5.56 Å². The van der Waals surface area contributed by atoms with Crippen LogP contribution in [-0.2, 0) is 14.3 Å². The molecular weight excluding hydrogens is 356 g/mol. The van der Waals surface area contributed by atoms with Gasteiger partial charge >= 0.3 is 5.97 Å². The van der Waals surface area contributed by atoms with Crippen LogP contribution in [0.5, 0.6) is 0 Å². The topological polar surface area (TPSA) is 84.5 Å². The molecule has 1 atom stereocenters. The first-order valence-corrected chi connectivity index (χ1v) is 9.25. The molecule has 0 aliphatic rings. The maximum Gasteiger partial charge on any atom is 0.325 e. The van der Waals surface area contributed by atoms with Crippen LogP contribution in [0.25, 0.3) is 11.1 Å². The van der Waals surface area contributed by atoms with Crippen molar-refractivity contribution in [1.82, 2.24) is 10.6 Å². The summed E-state index contributed by atoms with van der Waals surface area (Å²) < 4.78 is 4.88. The van der Waals surface area contributed by atoms with Crippen LogP contribution in [0.1, 0.15) is 31.1 Å². The van der Waals surface area contributed by atoms with Crippen LogP contribution in [0.3, 0.4) is 0 Å². The number of hydrogen-bond acceptors (Lipinski definition) is 4. The van der Waals surface area contributed by atoms with Crippen molar-refractivity contribution in [2.24, 2.45) is 5.92 Å². The van der Waals surface area contributed by atoms with Gasteiger partial charge in [0.15, 0.2) is 6.61 Å². The fourth-order valence-corrected chi connectivity index (χ4v) is 2.36. The molecule has 6 heteroatoms.